The summed E-state index contributed by atoms with van der Waals surface area (Å²) in [6, 6.07) is 8.30. The van der Waals surface area contributed by atoms with Crippen LogP contribution in [-0.2, 0) is 0 Å². The monoisotopic (exact) mass is 330 g/mol. The molecule has 128 valence electrons. The second-order valence-electron chi connectivity index (χ2n) is 5.85. The molecule has 2 rings (SSSR count). The molecule has 0 bridgehead atoms. The van der Waals surface area contributed by atoms with Gasteiger partial charge in [0.15, 0.2) is 0 Å². The molecule has 0 unspecified atom stereocenters. The van der Waals surface area contributed by atoms with Crippen LogP contribution in [0.5, 0.6) is 5.75 Å². The summed E-state index contributed by atoms with van der Waals surface area (Å²) in [6.07, 6.45) is 2.39. The smallest absolute Gasteiger partial charge is 0.273 e. The molecule has 0 saturated carbocycles. The number of rotatable bonds is 6. The molecule has 2 aromatic rings. The zero-order chi connectivity index (χ0) is 17.5. The van der Waals surface area contributed by atoms with Crippen LogP contribution in [0.3, 0.4) is 0 Å². The Kier molecular flexibility index (Phi) is 6.01. The fraction of sp³-hybridized carbons (Fsp3) is 0.333. The first-order valence-corrected chi connectivity index (χ1v) is 7.85. The molecule has 1 heterocycles. The molecule has 0 saturated heterocycles. The first-order chi connectivity index (χ1) is 11.5. The van der Waals surface area contributed by atoms with E-state index in [2.05, 4.69) is 24.7 Å². The van der Waals surface area contributed by atoms with Gasteiger partial charge in [-0.2, -0.15) is 0 Å². The number of carbonyl (C=O) groups excluding carboxylic acids is 2. The number of carbonyl (C=O) groups is 2. The van der Waals surface area contributed by atoms with Crippen LogP contribution in [0.15, 0.2) is 41.0 Å². The van der Waals surface area contributed by atoms with Gasteiger partial charge in [0, 0.05) is 5.56 Å². The van der Waals surface area contributed by atoms with Crippen LogP contribution in [0.2, 0.25) is 0 Å². The van der Waals surface area contributed by atoms with Crippen molar-refractivity contribution in [2.75, 3.05) is 6.61 Å². The Bertz CT molecular complexity index is 689. The van der Waals surface area contributed by atoms with E-state index in [4.69, 9.17) is 9.15 Å². The lowest BCUT2D eigenvalue weighted by atomic mass is 10.1. The summed E-state index contributed by atoms with van der Waals surface area (Å²) in [5, 5.41) is 0. The second kappa shape index (κ2) is 8.19. The average molecular weight is 330 g/mol. The summed E-state index contributed by atoms with van der Waals surface area (Å²) in [6.45, 7) is 6.59. The highest BCUT2D eigenvalue weighted by Gasteiger charge is 2.13. The third-order valence-electron chi connectivity index (χ3n) is 3.47. The van der Waals surface area contributed by atoms with Crippen molar-refractivity contribution >= 4 is 11.8 Å². The molecule has 6 nitrogen and oxygen atoms in total. The van der Waals surface area contributed by atoms with E-state index in [1.54, 1.807) is 37.3 Å². The van der Waals surface area contributed by atoms with Gasteiger partial charge in [0.2, 0.25) is 0 Å². The van der Waals surface area contributed by atoms with Crippen LogP contribution in [0, 0.1) is 12.8 Å². The van der Waals surface area contributed by atoms with E-state index in [9.17, 15) is 9.59 Å². The topological polar surface area (TPSA) is 80.6 Å². The van der Waals surface area contributed by atoms with Crippen LogP contribution in [-0.4, -0.2) is 18.4 Å². The minimum absolute atomic E-state index is 0.379. The summed E-state index contributed by atoms with van der Waals surface area (Å²) in [4.78, 5) is 23.9. The molecule has 2 amide bonds. The van der Waals surface area contributed by atoms with E-state index in [-0.39, 0.29) is 0 Å². The normalized spacial score (nSPS) is 10.5. The van der Waals surface area contributed by atoms with E-state index in [1.165, 1.54) is 6.26 Å². The summed E-state index contributed by atoms with van der Waals surface area (Å²) >= 11 is 0. The Morgan fingerprint density at radius 3 is 2.33 bits per heavy atom. The number of hydrogen-bond acceptors (Lipinski definition) is 4. The molecule has 2 N–H and O–H groups in total. The largest absolute Gasteiger partial charge is 0.494 e. The molecule has 0 fully saturated rings. The first-order valence-electron chi connectivity index (χ1n) is 7.85. The third-order valence-corrected chi connectivity index (χ3v) is 3.47. The highest BCUT2D eigenvalue weighted by atomic mass is 16.5. The van der Waals surface area contributed by atoms with Crippen LogP contribution < -0.4 is 15.6 Å². The highest BCUT2D eigenvalue weighted by molar-refractivity contribution is 5.99. The molecule has 6 heteroatoms. The molecule has 0 spiro atoms. The fourth-order valence-electron chi connectivity index (χ4n) is 1.99. The Balaban J connectivity index is 1.84. The van der Waals surface area contributed by atoms with Gasteiger partial charge in [0.05, 0.1) is 18.4 Å². The number of hydrazine groups is 1. The van der Waals surface area contributed by atoms with E-state index < -0.39 is 11.8 Å². The van der Waals surface area contributed by atoms with Crippen molar-refractivity contribution in [1.82, 2.24) is 10.9 Å². The van der Waals surface area contributed by atoms with Crippen molar-refractivity contribution in [3.8, 4) is 5.75 Å². The zero-order valence-corrected chi connectivity index (χ0v) is 14.1. The summed E-state index contributed by atoms with van der Waals surface area (Å²) in [7, 11) is 0. The van der Waals surface area contributed by atoms with Crippen molar-refractivity contribution in [2.45, 2.75) is 27.2 Å². The van der Waals surface area contributed by atoms with Gasteiger partial charge in [-0.1, -0.05) is 13.8 Å². The van der Waals surface area contributed by atoms with Crippen molar-refractivity contribution in [2.24, 2.45) is 5.92 Å². The van der Waals surface area contributed by atoms with Crippen LogP contribution in [0.1, 0.15) is 46.7 Å². The lowest BCUT2D eigenvalue weighted by Crippen LogP contribution is -2.41. The first kappa shape index (κ1) is 17.6. The quantitative estimate of drug-likeness (QED) is 0.798. The average Bonchev–Trinajstić information content (AvgIpc) is 2.99. The molecule has 1 aromatic carbocycles. The van der Waals surface area contributed by atoms with Crippen LogP contribution in [0.4, 0.5) is 0 Å². The van der Waals surface area contributed by atoms with Crippen LogP contribution in [0.25, 0.3) is 0 Å². The SMILES string of the molecule is Cc1occc1C(=O)NNC(=O)c1ccc(OCCC(C)C)cc1. The maximum Gasteiger partial charge on any atom is 0.273 e. The van der Waals surface area contributed by atoms with E-state index in [0.717, 1.165) is 6.42 Å². The number of ether oxygens (including phenoxy) is 1. The number of amides is 2. The molecule has 24 heavy (non-hydrogen) atoms. The van der Waals surface area contributed by atoms with Gasteiger partial charge in [0.1, 0.15) is 11.5 Å². The van der Waals surface area contributed by atoms with E-state index in [0.29, 0.717) is 35.2 Å². The van der Waals surface area contributed by atoms with Crippen molar-refractivity contribution in [3.05, 3.63) is 53.5 Å². The van der Waals surface area contributed by atoms with Crippen molar-refractivity contribution in [3.63, 3.8) is 0 Å². The lowest BCUT2D eigenvalue weighted by molar-refractivity contribution is 0.0845. The third kappa shape index (κ3) is 4.87. The number of aryl methyl sites for hydroxylation is 1. The highest BCUT2D eigenvalue weighted by Crippen LogP contribution is 2.13. The molecule has 0 atom stereocenters. The van der Waals surface area contributed by atoms with Gasteiger partial charge >= 0.3 is 0 Å². The molecule has 0 aliphatic carbocycles. The minimum Gasteiger partial charge on any atom is -0.494 e. The minimum atomic E-state index is -0.428. The van der Waals surface area contributed by atoms with Crippen molar-refractivity contribution in [1.29, 1.82) is 0 Å². The van der Waals surface area contributed by atoms with Gasteiger partial charge in [-0.3, -0.25) is 20.4 Å². The standard InChI is InChI=1S/C18H22N2O4/c1-12(2)8-10-24-15-6-4-14(5-7-15)17(21)19-20-18(22)16-9-11-23-13(16)3/h4-7,9,11-12H,8,10H2,1-3H3,(H,19,21)(H,20,22). The maximum atomic E-state index is 12.0. The molecule has 0 radical (unpaired) electrons. The maximum absolute atomic E-state index is 12.0. The fourth-order valence-corrected chi connectivity index (χ4v) is 1.99. The summed E-state index contributed by atoms with van der Waals surface area (Å²) < 4.78 is 10.6. The molecular weight excluding hydrogens is 308 g/mol. The Hall–Kier alpha value is -2.76. The zero-order valence-electron chi connectivity index (χ0n) is 14.1. The van der Waals surface area contributed by atoms with E-state index in [1.807, 2.05) is 0 Å². The predicted octanol–water partition coefficient (Wildman–Crippen LogP) is 3.09. The molecular formula is C18H22N2O4. The summed E-state index contributed by atoms with van der Waals surface area (Å²) in [5.41, 5.74) is 5.53. The summed E-state index contributed by atoms with van der Waals surface area (Å²) in [5.74, 6) is 0.953. The van der Waals surface area contributed by atoms with E-state index >= 15 is 0 Å². The predicted molar refractivity (Wildman–Crippen MR) is 89.8 cm³/mol. The van der Waals surface area contributed by atoms with Gasteiger partial charge in [0.25, 0.3) is 11.8 Å². The van der Waals surface area contributed by atoms with Gasteiger partial charge in [-0.05, 0) is 49.6 Å². The number of furan rings is 1. The molecule has 0 aliphatic rings. The number of nitrogens with one attached hydrogen (secondary N) is 2. The lowest BCUT2D eigenvalue weighted by Gasteiger charge is -2.09. The van der Waals surface area contributed by atoms with Crippen LogP contribution >= 0.6 is 0 Å². The number of benzene rings is 1. The van der Waals surface area contributed by atoms with Gasteiger partial charge in [-0.25, -0.2) is 0 Å². The van der Waals surface area contributed by atoms with Gasteiger partial charge in [-0.15, -0.1) is 0 Å². The van der Waals surface area contributed by atoms with Crippen molar-refractivity contribution < 1.29 is 18.7 Å². The Morgan fingerprint density at radius 2 is 1.75 bits per heavy atom. The van der Waals surface area contributed by atoms with Gasteiger partial charge < -0.3 is 9.15 Å². The molecule has 1 aromatic heterocycles. The molecule has 0 aliphatic heterocycles. The Labute approximate surface area is 141 Å². The Morgan fingerprint density at radius 1 is 1.08 bits per heavy atom. The second-order valence-corrected chi connectivity index (χ2v) is 5.85. The number of hydrogen-bond donors (Lipinski definition) is 2.